The van der Waals surface area contributed by atoms with Crippen molar-refractivity contribution in [1.29, 1.82) is 0 Å². The average molecular weight is 300 g/mol. The SMILES string of the molecule is O=C1OC(C2CCNC2)CN1c1ccccc1C(F)(F)F. The molecule has 4 nitrogen and oxygen atoms in total. The summed E-state index contributed by atoms with van der Waals surface area (Å²) in [7, 11) is 0. The van der Waals surface area contributed by atoms with Crippen LogP contribution in [0.1, 0.15) is 12.0 Å². The smallest absolute Gasteiger partial charge is 0.418 e. The maximum atomic E-state index is 13.0. The molecule has 2 heterocycles. The first-order valence-electron chi connectivity index (χ1n) is 6.82. The first kappa shape index (κ1) is 14.2. The summed E-state index contributed by atoms with van der Waals surface area (Å²) in [4.78, 5) is 13.0. The van der Waals surface area contributed by atoms with Gasteiger partial charge in [0.15, 0.2) is 0 Å². The molecule has 0 saturated carbocycles. The van der Waals surface area contributed by atoms with Gasteiger partial charge in [0.2, 0.25) is 0 Å². The van der Waals surface area contributed by atoms with Crippen LogP contribution in [0.3, 0.4) is 0 Å². The van der Waals surface area contributed by atoms with Gasteiger partial charge in [0, 0.05) is 12.5 Å². The highest BCUT2D eigenvalue weighted by Gasteiger charge is 2.42. The molecule has 114 valence electrons. The fourth-order valence-electron chi connectivity index (χ4n) is 2.87. The molecule has 1 amide bonds. The third kappa shape index (κ3) is 2.70. The lowest BCUT2D eigenvalue weighted by Crippen LogP contribution is -2.30. The molecule has 2 fully saturated rings. The number of nitrogens with one attached hydrogen (secondary N) is 1. The molecule has 0 radical (unpaired) electrons. The Kier molecular flexibility index (Phi) is 3.52. The molecule has 7 heteroatoms. The molecule has 3 rings (SSSR count). The predicted octanol–water partition coefficient (Wildman–Crippen LogP) is 2.64. The van der Waals surface area contributed by atoms with Gasteiger partial charge in [-0.3, -0.25) is 4.90 Å². The third-order valence-corrected chi connectivity index (χ3v) is 3.96. The number of carbonyl (C=O) groups excluding carboxylic acids is 1. The van der Waals surface area contributed by atoms with E-state index >= 15 is 0 Å². The molecule has 2 aliphatic rings. The molecular formula is C14H15F3N2O2. The van der Waals surface area contributed by atoms with E-state index in [9.17, 15) is 18.0 Å². The fourth-order valence-corrected chi connectivity index (χ4v) is 2.87. The molecule has 2 atom stereocenters. The predicted molar refractivity (Wildman–Crippen MR) is 70.0 cm³/mol. The minimum atomic E-state index is -4.50. The number of benzene rings is 1. The number of cyclic esters (lactones) is 1. The summed E-state index contributed by atoms with van der Waals surface area (Å²) in [5, 5.41) is 3.16. The number of anilines is 1. The van der Waals surface area contributed by atoms with Crippen molar-refractivity contribution in [2.24, 2.45) is 5.92 Å². The van der Waals surface area contributed by atoms with E-state index in [1.165, 1.54) is 18.2 Å². The first-order chi connectivity index (χ1) is 9.97. The first-order valence-corrected chi connectivity index (χ1v) is 6.82. The average Bonchev–Trinajstić information content (AvgIpc) is 3.06. The lowest BCUT2D eigenvalue weighted by Gasteiger charge is -2.19. The van der Waals surface area contributed by atoms with Gasteiger partial charge in [-0.2, -0.15) is 13.2 Å². The van der Waals surface area contributed by atoms with E-state index in [1.54, 1.807) is 0 Å². The number of nitrogens with zero attached hydrogens (tertiary/aromatic N) is 1. The highest BCUT2D eigenvalue weighted by Crippen LogP contribution is 2.38. The minimum Gasteiger partial charge on any atom is -0.444 e. The normalized spacial score (nSPS) is 26.2. The fraction of sp³-hybridized carbons (Fsp3) is 0.500. The summed E-state index contributed by atoms with van der Waals surface area (Å²) in [5.41, 5.74) is -0.949. The van der Waals surface area contributed by atoms with Crippen molar-refractivity contribution in [3.05, 3.63) is 29.8 Å². The summed E-state index contributed by atoms with van der Waals surface area (Å²) in [6.45, 7) is 1.74. The number of carbonyl (C=O) groups is 1. The van der Waals surface area contributed by atoms with E-state index < -0.39 is 17.8 Å². The Morgan fingerprint density at radius 3 is 2.71 bits per heavy atom. The Balaban J connectivity index is 1.86. The quantitative estimate of drug-likeness (QED) is 0.913. The Labute approximate surface area is 119 Å². The number of alkyl halides is 3. The lowest BCUT2D eigenvalue weighted by atomic mass is 10.0. The van der Waals surface area contributed by atoms with Gasteiger partial charge in [0.05, 0.1) is 17.8 Å². The zero-order chi connectivity index (χ0) is 15.0. The van der Waals surface area contributed by atoms with Crippen molar-refractivity contribution in [2.45, 2.75) is 18.7 Å². The molecule has 2 unspecified atom stereocenters. The number of rotatable bonds is 2. The van der Waals surface area contributed by atoms with E-state index in [0.717, 1.165) is 30.5 Å². The number of ether oxygens (including phenoxy) is 1. The maximum Gasteiger partial charge on any atom is 0.418 e. The molecule has 0 aromatic heterocycles. The zero-order valence-corrected chi connectivity index (χ0v) is 11.2. The van der Waals surface area contributed by atoms with Crippen LogP contribution in [-0.4, -0.2) is 31.8 Å². The van der Waals surface area contributed by atoms with Crippen LogP contribution in [0.2, 0.25) is 0 Å². The molecule has 1 N–H and O–H groups in total. The van der Waals surface area contributed by atoms with E-state index in [1.807, 2.05) is 0 Å². The molecular weight excluding hydrogens is 285 g/mol. The van der Waals surface area contributed by atoms with Gasteiger partial charge in [-0.25, -0.2) is 4.79 Å². The summed E-state index contributed by atoms with van der Waals surface area (Å²) in [6, 6.07) is 5.08. The number of halogens is 3. The van der Waals surface area contributed by atoms with E-state index in [0.29, 0.717) is 0 Å². The molecule has 1 aromatic rings. The molecule has 2 saturated heterocycles. The maximum absolute atomic E-state index is 13.0. The van der Waals surface area contributed by atoms with Gasteiger partial charge < -0.3 is 10.1 Å². The zero-order valence-electron chi connectivity index (χ0n) is 11.2. The van der Waals surface area contributed by atoms with Crippen LogP contribution < -0.4 is 10.2 Å². The highest BCUT2D eigenvalue weighted by atomic mass is 19.4. The van der Waals surface area contributed by atoms with Gasteiger partial charge in [-0.1, -0.05) is 12.1 Å². The monoisotopic (exact) mass is 300 g/mol. The van der Waals surface area contributed by atoms with Crippen LogP contribution in [0.4, 0.5) is 23.7 Å². The molecule has 21 heavy (non-hydrogen) atoms. The van der Waals surface area contributed by atoms with Crippen LogP contribution in [0, 0.1) is 5.92 Å². The minimum absolute atomic E-state index is 0.136. The van der Waals surface area contributed by atoms with Crippen molar-refractivity contribution in [3.8, 4) is 0 Å². The second-order valence-corrected chi connectivity index (χ2v) is 5.30. The van der Waals surface area contributed by atoms with Gasteiger partial charge >= 0.3 is 12.3 Å². The van der Waals surface area contributed by atoms with Crippen molar-refractivity contribution in [1.82, 2.24) is 5.32 Å². The lowest BCUT2D eigenvalue weighted by molar-refractivity contribution is -0.137. The Morgan fingerprint density at radius 2 is 2.05 bits per heavy atom. The second-order valence-electron chi connectivity index (χ2n) is 5.30. The summed E-state index contributed by atoms with van der Waals surface area (Å²) in [6.07, 6.45) is -4.69. The van der Waals surface area contributed by atoms with E-state index in [4.69, 9.17) is 4.74 Å². The molecule has 0 aliphatic carbocycles. The van der Waals surface area contributed by atoms with Crippen molar-refractivity contribution in [2.75, 3.05) is 24.5 Å². The van der Waals surface area contributed by atoms with Gasteiger partial charge in [0.1, 0.15) is 6.10 Å². The largest absolute Gasteiger partial charge is 0.444 e. The Hall–Kier alpha value is -1.76. The summed E-state index contributed by atoms with van der Waals surface area (Å²) in [5.74, 6) is 0.164. The highest BCUT2D eigenvalue weighted by molar-refractivity contribution is 5.90. The van der Waals surface area contributed by atoms with Crippen molar-refractivity contribution in [3.63, 3.8) is 0 Å². The summed E-state index contributed by atoms with van der Waals surface area (Å²) >= 11 is 0. The number of hydrogen-bond donors (Lipinski definition) is 1. The summed E-state index contributed by atoms with van der Waals surface area (Å²) < 4.78 is 44.4. The topological polar surface area (TPSA) is 41.6 Å². The van der Waals surface area contributed by atoms with Crippen LogP contribution in [0.15, 0.2) is 24.3 Å². The molecule has 2 aliphatic heterocycles. The number of amides is 1. The Bertz CT molecular complexity index is 541. The van der Waals surface area contributed by atoms with Gasteiger partial charge in [-0.05, 0) is 25.1 Å². The standard InChI is InChI=1S/C14H15F3N2O2/c15-14(16,17)10-3-1-2-4-11(10)19-8-12(21-13(19)20)9-5-6-18-7-9/h1-4,9,12,18H,5-8H2. The number of para-hydroxylation sites is 1. The molecule has 0 spiro atoms. The molecule has 1 aromatic carbocycles. The number of hydrogen-bond acceptors (Lipinski definition) is 3. The second kappa shape index (κ2) is 5.22. The van der Waals surface area contributed by atoms with E-state index in [-0.39, 0.29) is 24.3 Å². The van der Waals surface area contributed by atoms with Gasteiger partial charge in [-0.15, -0.1) is 0 Å². The van der Waals surface area contributed by atoms with Crippen molar-refractivity contribution >= 4 is 11.8 Å². The van der Waals surface area contributed by atoms with Crippen LogP contribution in [0.5, 0.6) is 0 Å². The van der Waals surface area contributed by atoms with E-state index in [2.05, 4.69) is 5.32 Å². The van der Waals surface area contributed by atoms with Crippen LogP contribution in [0.25, 0.3) is 0 Å². The van der Waals surface area contributed by atoms with Crippen LogP contribution >= 0.6 is 0 Å². The van der Waals surface area contributed by atoms with Crippen molar-refractivity contribution < 1.29 is 22.7 Å². The Morgan fingerprint density at radius 1 is 1.29 bits per heavy atom. The van der Waals surface area contributed by atoms with Gasteiger partial charge in [0.25, 0.3) is 0 Å². The van der Waals surface area contributed by atoms with Crippen LogP contribution in [-0.2, 0) is 10.9 Å². The third-order valence-electron chi connectivity index (χ3n) is 3.96. The molecule has 0 bridgehead atoms.